The van der Waals surface area contributed by atoms with E-state index in [1.807, 2.05) is 18.3 Å². The Bertz CT molecular complexity index is 1100. The Morgan fingerprint density at radius 2 is 1.85 bits per heavy atom. The van der Waals surface area contributed by atoms with Crippen molar-refractivity contribution in [2.24, 2.45) is 10.6 Å². The molecule has 1 aromatic carbocycles. The molecule has 2 fully saturated rings. The van der Waals surface area contributed by atoms with Crippen LogP contribution in [0.2, 0.25) is 10.0 Å². The van der Waals surface area contributed by atoms with Gasteiger partial charge >= 0.3 is 0 Å². The summed E-state index contributed by atoms with van der Waals surface area (Å²) < 4.78 is 5.88. The average molecular weight is 509 g/mol. The second-order valence-electron chi connectivity index (χ2n) is 9.74. The summed E-state index contributed by atoms with van der Waals surface area (Å²) in [6.45, 7) is 10.0. The van der Waals surface area contributed by atoms with Crippen molar-refractivity contribution in [2.45, 2.75) is 44.8 Å². The third-order valence-electron chi connectivity index (χ3n) is 6.34. The van der Waals surface area contributed by atoms with Crippen LogP contribution in [0.25, 0.3) is 22.2 Å². The van der Waals surface area contributed by atoms with E-state index in [-0.39, 0.29) is 4.75 Å². The lowest BCUT2D eigenvalue weighted by molar-refractivity contribution is 0.133. The zero-order valence-corrected chi connectivity index (χ0v) is 21.7. The zero-order chi connectivity index (χ0) is 23.6. The van der Waals surface area contributed by atoms with E-state index in [4.69, 9.17) is 38.1 Å². The maximum absolute atomic E-state index is 6.43. The van der Waals surface area contributed by atoms with Gasteiger partial charge in [0.2, 0.25) is 0 Å². The quantitative estimate of drug-likeness (QED) is 0.394. The molecule has 2 aliphatic heterocycles. The number of ether oxygens (including phenoxy) is 1. The van der Waals surface area contributed by atoms with Gasteiger partial charge in [-0.05, 0) is 51.5 Å². The summed E-state index contributed by atoms with van der Waals surface area (Å²) in [7, 11) is 0. The van der Waals surface area contributed by atoms with Crippen LogP contribution in [-0.2, 0) is 4.74 Å². The number of aromatic amines is 1. The summed E-state index contributed by atoms with van der Waals surface area (Å²) in [5.74, 6) is 0.957. The number of benzene rings is 1. The number of nitrogens with zero attached hydrogens (tertiary/aromatic N) is 3. The van der Waals surface area contributed by atoms with Crippen LogP contribution in [-0.4, -0.2) is 46.0 Å². The van der Waals surface area contributed by atoms with E-state index < -0.39 is 0 Å². The van der Waals surface area contributed by atoms with Gasteiger partial charge in [-0.15, -0.1) is 0 Å². The fourth-order valence-electron chi connectivity index (χ4n) is 4.31. The standard InChI is InChI=1S/C20H20Cl2N4O.C4H11NS/c21-15-3-1-2-13(16(15)22)14-10-23-19(18-17(14)24-12-25-18)26-7-4-20(5-8-26)6-9-27-11-20;1-4(2,3)6-5/h1-3,10,12H,4-9,11H2,(H,24,25);5H2,1-3H3. The second-order valence-corrected chi connectivity index (χ2v) is 12.0. The Kier molecular flexibility index (Phi) is 7.46. The third kappa shape index (κ3) is 5.43. The number of H-pyrrole nitrogens is 1. The van der Waals surface area contributed by atoms with Crippen LogP contribution in [0.1, 0.15) is 40.0 Å². The summed E-state index contributed by atoms with van der Waals surface area (Å²) in [4.78, 5) is 15.0. The Morgan fingerprint density at radius 1 is 1.12 bits per heavy atom. The first-order chi connectivity index (χ1) is 15.7. The summed E-state index contributed by atoms with van der Waals surface area (Å²) in [5.41, 5.74) is 3.93. The third-order valence-corrected chi connectivity index (χ3v) is 7.86. The summed E-state index contributed by atoms with van der Waals surface area (Å²) in [5, 5.41) is 6.28. The first kappa shape index (κ1) is 24.6. The van der Waals surface area contributed by atoms with Crippen molar-refractivity contribution >= 4 is 52.0 Å². The van der Waals surface area contributed by atoms with Crippen LogP contribution >= 0.6 is 35.1 Å². The highest BCUT2D eigenvalue weighted by molar-refractivity contribution is 7.98. The van der Waals surface area contributed by atoms with Crippen molar-refractivity contribution in [1.29, 1.82) is 0 Å². The number of piperidine rings is 1. The highest BCUT2D eigenvalue weighted by atomic mass is 35.5. The van der Waals surface area contributed by atoms with Crippen LogP contribution in [0.4, 0.5) is 5.82 Å². The summed E-state index contributed by atoms with van der Waals surface area (Å²) >= 11 is 14.0. The molecule has 2 aliphatic rings. The van der Waals surface area contributed by atoms with Crippen molar-refractivity contribution in [3.63, 3.8) is 0 Å². The van der Waals surface area contributed by atoms with Gasteiger partial charge in [0.15, 0.2) is 5.82 Å². The van der Waals surface area contributed by atoms with Gasteiger partial charge in [0.05, 0.1) is 23.0 Å². The molecule has 0 atom stereocenters. The molecule has 0 bridgehead atoms. The van der Waals surface area contributed by atoms with Crippen LogP contribution < -0.4 is 10.0 Å². The first-order valence-corrected chi connectivity index (χ1v) is 12.8. The van der Waals surface area contributed by atoms with Crippen molar-refractivity contribution in [3.8, 4) is 11.1 Å². The van der Waals surface area contributed by atoms with Gasteiger partial charge in [0.25, 0.3) is 0 Å². The normalized spacial score (nSPS) is 17.9. The topological polar surface area (TPSA) is 80.1 Å². The van der Waals surface area contributed by atoms with Gasteiger partial charge in [-0.1, -0.05) is 47.3 Å². The number of nitrogens with one attached hydrogen (secondary N) is 1. The number of hydrogen-bond donors (Lipinski definition) is 2. The van der Waals surface area contributed by atoms with Crippen LogP contribution in [0.5, 0.6) is 0 Å². The van der Waals surface area contributed by atoms with Crippen molar-refractivity contribution in [2.75, 3.05) is 31.2 Å². The van der Waals surface area contributed by atoms with Crippen molar-refractivity contribution in [1.82, 2.24) is 15.0 Å². The molecular weight excluding hydrogens is 477 g/mol. The van der Waals surface area contributed by atoms with Gasteiger partial charge in [0, 0.05) is 41.8 Å². The lowest BCUT2D eigenvalue weighted by Crippen LogP contribution is -2.41. The Morgan fingerprint density at radius 3 is 2.48 bits per heavy atom. The van der Waals surface area contributed by atoms with Gasteiger partial charge < -0.3 is 14.6 Å². The molecule has 2 saturated heterocycles. The van der Waals surface area contributed by atoms with Crippen LogP contribution in [0, 0.1) is 5.41 Å². The minimum Gasteiger partial charge on any atom is -0.381 e. The molecule has 9 heteroatoms. The van der Waals surface area contributed by atoms with Gasteiger partial charge in [-0.2, -0.15) is 0 Å². The number of nitrogens with two attached hydrogens (primary N) is 1. The molecule has 4 heterocycles. The molecule has 5 rings (SSSR count). The van der Waals surface area contributed by atoms with E-state index in [2.05, 4.69) is 35.6 Å². The molecule has 3 N–H and O–H groups in total. The molecule has 0 radical (unpaired) electrons. The minimum absolute atomic E-state index is 0.236. The summed E-state index contributed by atoms with van der Waals surface area (Å²) in [6, 6.07) is 5.63. The Balaban J connectivity index is 0.000000385. The van der Waals surface area contributed by atoms with E-state index >= 15 is 0 Å². The highest BCUT2D eigenvalue weighted by Gasteiger charge is 2.38. The maximum Gasteiger partial charge on any atom is 0.154 e. The van der Waals surface area contributed by atoms with Crippen LogP contribution in [0.15, 0.2) is 30.7 Å². The van der Waals surface area contributed by atoms with E-state index in [9.17, 15) is 0 Å². The zero-order valence-electron chi connectivity index (χ0n) is 19.3. The molecule has 33 heavy (non-hydrogen) atoms. The van der Waals surface area contributed by atoms with Crippen molar-refractivity contribution < 1.29 is 4.74 Å². The molecule has 0 unspecified atom stereocenters. The number of aromatic nitrogens is 3. The van der Waals surface area contributed by atoms with E-state index in [0.29, 0.717) is 15.5 Å². The molecular formula is C24H31Cl2N5OS. The fraction of sp³-hybridized carbons (Fsp3) is 0.500. The number of hydrogen-bond acceptors (Lipinski definition) is 6. The number of anilines is 1. The maximum atomic E-state index is 6.43. The second kappa shape index (κ2) is 10.0. The number of fused-ring (bicyclic) bond motifs is 1. The number of rotatable bonds is 2. The molecule has 0 saturated carbocycles. The first-order valence-electron chi connectivity index (χ1n) is 11.2. The van der Waals surface area contributed by atoms with E-state index in [0.717, 1.165) is 67.1 Å². The van der Waals surface area contributed by atoms with Crippen molar-refractivity contribution in [3.05, 3.63) is 40.8 Å². The number of pyridine rings is 1. The number of halogens is 2. The number of imidazole rings is 1. The molecule has 1 spiro atoms. The monoisotopic (exact) mass is 507 g/mol. The van der Waals surface area contributed by atoms with Gasteiger partial charge in [0.1, 0.15) is 11.0 Å². The van der Waals surface area contributed by atoms with E-state index in [1.165, 1.54) is 18.4 Å². The largest absolute Gasteiger partial charge is 0.381 e. The molecule has 0 amide bonds. The SMILES string of the molecule is CC(C)(C)SN.Clc1cccc(-c2cnc(N3CCC4(CCOC4)CC3)c3[nH]cnc23)c1Cl. The molecule has 0 aliphatic carbocycles. The average Bonchev–Trinajstić information content (AvgIpc) is 3.46. The molecule has 2 aromatic heterocycles. The van der Waals surface area contributed by atoms with Gasteiger partial charge in [-0.3, -0.25) is 5.14 Å². The smallest absolute Gasteiger partial charge is 0.154 e. The predicted octanol–water partition coefficient (Wildman–Crippen LogP) is 6.33. The van der Waals surface area contributed by atoms with Crippen LogP contribution in [0.3, 0.4) is 0 Å². The van der Waals surface area contributed by atoms with Gasteiger partial charge in [-0.25, -0.2) is 9.97 Å². The summed E-state index contributed by atoms with van der Waals surface area (Å²) in [6.07, 6.45) is 7.05. The Labute approximate surface area is 209 Å². The fourth-order valence-corrected chi connectivity index (χ4v) is 4.71. The predicted molar refractivity (Wildman–Crippen MR) is 140 cm³/mol. The minimum atomic E-state index is 0.236. The lowest BCUT2D eigenvalue weighted by atomic mass is 9.78. The molecule has 6 nitrogen and oxygen atoms in total. The highest BCUT2D eigenvalue weighted by Crippen LogP contribution is 2.42. The Hall–Kier alpha value is -1.51. The lowest BCUT2D eigenvalue weighted by Gasteiger charge is -2.39. The molecule has 178 valence electrons. The van der Waals surface area contributed by atoms with E-state index in [1.54, 1.807) is 12.4 Å². The molecule has 3 aromatic rings.